The SMILES string of the molecule is C[C@@H]1CNCCN1C(=O)c1csc(S(=O)(=O)N2CCOCC2)c1.Cl. The number of piperazine rings is 1. The summed E-state index contributed by atoms with van der Waals surface area (Å²) in [7, 11) is -3.53. The van der Waals surface area contributed by atoms with Gasteiger partial charge in [0.25, 0.3) is 15.9 Å². The molecule has 1 aromatic heterocycles. The Balaban J connectivity index is 0.00000208. The Morgan fingerprint density at radius 3 is 2.71 bits per heavy atom. The fraction of sp³-hybridized carbons (Fsp3) is 0.643. The fourth-order valence-corrected chi connectivity index (χ4v) is 5.50. The number of carbonyl (C=O) groups excluding carboxylic acids is 1. The average Bonchev–Trinajstić information content (AvgIpc) is 3.06. The third-order valence-electron chi connectivity index (χ3n) is 4.15. The second-order valence-electron chi connectivity index (χ2n) is 5.72. The van der Waals surface area contributed by atoms with Crippen molar-refractivity contribution in [3.05, 3.63) is 17.0 Å². The Hall–Kier alpha value is -0.710. The van der Waals surface area contributed by atoms with Crippen molar-refractivity contribution in [3.63, 3.8) is 0 Å². The molecule has 0 unspecified atom stereocenters. The van der Waals surface area contributed by atoms with Gasteiger partial charge >= 0.3 is 0 Å². The number of hydrogen-bond acceptors (Lipinski definition) is 6. The zero-order chi connectivity index (χ0) is 16.4. The van der Waals surface area contributed by atoms with Gasteiger partial charge in [0.15, 0.2) is 0 Å². The van der Waals surface area contributed by atoms with Crippen LogP contribution in [0, 0.1) is 0 Å². The lowest BCUT2D eigenvalue weighted by atomic mass is 10.2. The molecular formula is C14H22ClN3O4S2. The van der Waals surface area contributed by atoms with Gasteiger partial charge in [0.1, 0.15) is 4.21 Å². The first kappa shape index (κ1) is 19.6. The molecular weight excluding hydrogens is 374 g/mol. The third-order valence-corrected chi connectivity index (χ3v) is 7.46. The van der Waals surface area contributed by atoms with Crippen molar-refractivity contribution in [2.24, 2.45) is 0 Å². The van der Waals surface area contributed by atoms with Crippen molar-refractivity contribution in [1.29, 1.82) is 0 Å². The molecule has 136 valence electrons. The number of amides is 1. The maximum Gasteiger partial charge on any atom is 0.255 e. The van der Waals surface area contributed by atoms with Gasteiger partial charge in [0, 0.05) is 44.1 Å². The molecule has 0 bridgehead atoms. The lowest BCUT2D eigenvalue weighted by molar-refractivity contribution is 0.0656. The van der Waals surface area contributed by atoms with Crippen LogP contribution in [-0.4, -0.2) is 75.5 Å². The van der Waals surface area contributed by atoms with Crippen LogP contribution in [0.5, 0.6) is 0 Å². The van der Waals surface area contributed by atoms with Gasteiger partial charge in [-0.2, -0.15) is 4.31 Å². The molecule has 2 aliphatic heterocycles. The lowest BCUT2D eigenvalue weighted by Gasteiger charge is -2.33. The highest BCUT2D eigenvalue weighted by atomic mass is 35.5. The number of rotatable bonds is 3. The summed E-state index contributed by atoms with van der Waals surface area (Å²) in [6.45, 7) is 5.69. The number of carbonyl (C=O) groups is 1. The number of nitrogens with zero attached hydrogens (tertiary/aromatic N) is 2. The molecule has 1 N–H and O–H groups in total. The molecule has 1 aromatic rings. The Morgan fingerprint density at radius 1 is 1.33 bits per heavy atom. The Morgan fingerprint density at radius 2 is 2.04 bits per heavy atom. The molecule has 0 saturated carbocycles. The summed E-state index contributed by atoms with van der Waals surface area (Å²) in [5, 5.41) is 4.88. The first-order chi connectivity index (χ1) is 11.0. The van der Waals surface area contributed by atoms with Crippen molar-refractivity contribution >= 4 is 39.7 Å². The minimum atomic E-state index is -3.53. The molecule has 7 nitrogen and oxygen atoms in total. The highest BCUT2D eigenvalue weighted by molar-refractivity contribution is 7.91. The summed E-state index contributed by atoms with van der Waals surface area (Å²) in [5.41, 5.74) is 0.454. The Labute approximate surface area is 152 Å². The van der Waals surface area contributed by atoms with Gasteiger partial charge < -0.3 is 15.0 Å². The topological polar surface area (TPSA) is 79.0 Å². The highest BCUT2D eigenvalue weighted by Gasteiger charge is 2.30. The summed E-state index contributed by atoms with van der Waals surface area (Å²) in [6.07, 6.45) is 0. The summed E-state index contributed by atoms with van der Waals surface area (Å²) >= 11 is 1.11. The number of morpholine rings is 1. The maximum atomic E-state index is 12.6. The number of halogens is 1. The van der Waals surface area contributed by atoms with Crippen LogP contribution in [0.4, 0.5) is 0 Å². The largest absolute Gasteiger partial charge is 0.379 e. The Bertz CT molecular complexity index is 673. The maximum absolute atomic E-state index is 12.6. The lowest BCUT2D eigenvalue weighted by Crippen LogP contribution is -2.52. The van der Waals surface area contributed by atoms with Gasteiger partial charge in [0.2, 0.25) is 0 Å². The highest BCUT2D eigenvalue weighted by Crippen LogP contribution is 2.26. The van der Waals surface area contributed by atoms with E-state index in [0.29, 0.717) is 38.4 Å². The number of thiophene rings is 1. The molecule has 2 fully saturated rings. The van der Waals surface area contributed by atoms with Crippen molar-refractivity contribution in [3.8, 4) is 0 Å². The van der Waals surface area contributed by atoms with Crippen LogP contribution in [-0.2, 0) is 14.8 Å². The third kappa shape index (κ3) is 3.92. The summed E-state index contributed by atoms with van der Waals surface area (Å²) in [4.78, 5) is 14.4. The van der Waals surface area contributed by atoms with E-state index in [1.54, 1.807) is 10.3 Å². The molecule has 0 aliphatic carbocycles. The second-order valence-corrected chi connectivity index (χ2v) is 8.80. The van der Waals surface area contributed by atoms with Gasteiger partial charge in [-0.15, -0.1) is 23.7 Å². The molecule has 2 saturated heterocycles. The molecule has 0 radical (unpaired) electrons. The summed E-state index contributed by atoms with van der Waals surface area (Å²) in [6, 6.07) is 1.61. The van der Waals surface area contributed by atoms with E-state index in [1.165, 1.54) is 10.4 Å². The molecule has 24 heavy (non-hydrogen) atoms. The predicted molar refractivity (Wildman–Crippen MR) is 94.5 cm³/mol. The Kier molecular flexibility index (Phi) is 6.63. The molecule has 1 amide bonds. The van der Waals surface area contributed by atoms with E-state index < -0.39 is 10.0 Å². The van der Waals surface area contributed by atoms with Crippen molar-refractivity contribution in [2.45, 2.75) is 17.2 Å². The molecule has 3 rings (SSSR count). The number of ether oxygens (including phenoxy) is 1. The van der Waals surface area contributed by atoms with Crippen molar-refractivity contribution < 1.29 is 17.9 Å². The first-order valence-corrected chi connectivity index (χ1v) is 10.0. The van der Waals surface area contributed by atoms with Crippen LogP contribution < -0.4 is 5.32 Å². The van der Waals surface area contributed by atoms with E-state index in [0.717, 1.165) is 24.4 Å². The zero-order valence-electron chi connectivity index (χ0n) is 13.4. The quantitative estimate of drug-likeness (QED) is 0.811. The monoisotopic (exact) mass is 395 g/mol. The number of nitrogens with one attached hydrogen (secondary N) is 1. The molecule has 10 heteroatoms. The normalized spacial score (nSPS) is 22.9. The summed E-state index contributed by atoms with van der Waals surface area (Å²) < 4.78 is 32.1. The van der Waals surface area contributed by atoms with Crippen LogP contribution in [0.2, 0.25) is 0 Å². The molecule has 0 spiro atoms. The van der Waals surface area contributed by atoms with Crippen LogP contribution in [0.3, 0.4) is 0 Å². The second kappa shape index (κ2) is 8.11. The fourth-order valence-electron chi connectivity index (χ4n) is 2.79. The molecule has 3 heterocycles. The van der Waals surface area contributed by atoms with E-state index >= 15 is 0 Å². The predicted octanol–water partition coefficient (Wildman–Crippen LogP) is 0.625. The van der Waals surface area contributed by atoms with E-state index in [2.05, 4.69) is 5.32 Å². The van der Waals surface area contributed by atoms with E-state index in [-0.39, 0.29) is 28.6 Å². The van der Waals surface area contributed by atoms with E-state index in [9.17, 15) is 13.2 Å². The van der Waals surface area contributed by atoms with Crippen LogP contribution in [0.15, 0.2) is 15.7 Å². The zero-order valence-corrected chi connectivity index (χ0v) is 15.9. The number of hydrogen-bond donors (Lipinski definition) is 1. The van der Waals surface area contributed by atoms with Crippen molar-refractivity contribution in [1.82, 2.24) is 14.5 Å². The standard InChI is InChI=1S/C14H21N3O4S2.ClH/c1-11-9-15-2-3-17(11)14(18)12-8-13(22-10-12)23(19,20)16-4-6-21-7-5-16;/h8,10-11,15H,2-7,9H2,1H3;1H/t11-;/m1./s1. The minimum Gasteiger partial charge on any atom is -0.379 e. The van der Waals surface area contributed by atoms with Gasteiger partial charge in [-0.25, -0.2) is 8.42 Å². The first-order valence-electron chi connectivity index (χ1n) is 7.68. The van der Waals surface area contributed by atoms with Crippen LogP contribution in [0.25, 0.3) is 0 Å². The molecule has 2 aliphatic rings. The van der Waals surface area contributed by atoms with E-state index in [1.807, 2.05) is 6.92 Å². The smallest absolute Gasteiger partial charge is 0.255 e. The van der Waals surface area contributed by atoms with Crippen molar-refractivity contribution in [2.75, 3.05) is 45.9 Å². The molecule has 0 aromatic carbocycles. The average molecular weight is 396 g/mol. The van der Waals surface area contributed by atoms with Gasteiger partial charge in [-0.1, -0.05) is 0 Å². The van der Waals surface area contributed by atoms with Gasteiger partial charge in [0.05, 0.1) is 18.8 Å². The van der Waals surface area contributed by atoms with E-state index in [4.69, 9.17) is 4.74 Å². The van der Waals surface area contributed by atoms with Crippen LogP contribution >= 0.6 is 23.7 Å². The van der Waals surface area contributed by atoms with Gasteiger partial charge in [-0.3, -0.25) is 4.79 Å². The van der Waals surface area contributed by atoms with Crippen LogP contribution in [0.1, 0.15) is 17.3 Å². The minimum absolute atomic E-state index is 0. The molecule has 1 atom stereocenters. The number of sulfonamides is 1. The summed E-state index contributed by atoms with van der Waals surface area (Å²) in [5.74, 6) is -0.0984. The van der Waals surface area contributed by atoms with Gasteiger partial charge in [-0.05, 0) is 13.0 Å².